The number of piperazine rings is 1. The standard InChI is InChI=1S/C26H32N8O/c1-18-5-7-22(8-6-18)17-31-13-15-32(16-14-31)26(35)12-9-23-19(2)29-33(20(23)3)25-11-10-24-28-27-21(4)34(24)30-25/h5-8,10-11H,9,12-17H2,1-4H3. The molecule has 9 heteroatoms. The molecule has 35 heavy (non-hydrogen) atoms. The van der Waals surface area contributed by atoms with Crippen molar-refractivity contribution in [1.82, 2.24) is 39.4 Å². The second kappa shape index (κ2) is 9.58. The van der Waals surface area contributed by atoms with Crippen molar-refractivity contribution >= 4 is 11.6 Å². The molecule has 5 rings (SSSR count). The molecule has 0 N–H and O–H groups in total. The Balaban J connectivity index is 1.19. The Bertz CT molecular complexity index is 1350. The SMILES string of the molecule is Cc1ccc(CN2CCN(C(=O)CCc3c(C)nn(-c4ccc5nnc(C)n5n4)c3C)CC2)cc1. The van der Waals surface area contributed by atoms with Gasteiger partial charge < -0.3 is 4.90 Å². The van der Waals surface area contributed by atoms with Crippen LogP contribution in [0.1, 0.15) is 40.3 Å². The van der Waals surface area contributed by atoms with Crippen molar-refractivity contribution in [1.29, 1.82) is 0 Å². The van der Waals surface area contributed by atoms with Crippen molar-refractivity contribution in [2.75, 3.05) is 26.2 Å². The number of nitrogens with zero attached hydrogens (tertiary/aromatic N) is 8. The van der Waals surface area contributed by atoms with Crippen LogP contribution >= 0.6 is 0 Å². The Morgan fingerprint density at radius 2 is 1.63 bits per heavy atom. The van der Waals surface area contributed by atoms with Crippen LogP contribution in [0, 0.1) is 27.7 Å². The lowest BCUT2D eigenvalue weighted by molar-refractivity contribution is -0.133. The Morgan fingerprint density at radius 1 is 0.886 bits per heavy atom. The van der Waals surface area contributed by atoms with Crippen LogP contribution in [-0.4, -0.2) is 71.5 Å². The highest BCUT2D eigenvalue weighted by Crippen LogP contribution is 2.20. The van der Waals surface area contributed by atoms with E-state index in [0.717, 1.165) is 55.5 Å². The van der Waals surface area contributed by atoms with Gasteiger partial charge in [-0.2, -0.15) is 9.61 Å². The Labute approximate surface area is 205 Å². The number of rotatable bonds is 6. The predicted molar refractivity (Wildman–Crippen MR) is 133 cm³/mol. The van der Waals surface area contributed by atoms with Gasteiger partial charge in [-0.05, 0) is 57.4 Å². The van der Waals surface area contributed by atoms with E-state index < -0.39 is 0 Å². The fraction of sp³-hybridized carbons (Fsp3) is 0.423. The lowest BCUT2D eigenvalue weighted by atomic mass is 10.1. The van der Waals surface area contributed by atoms with Gasteiger partial charge in [-0.15, -0.1) is 15.3 Å². The molecule has 0 radical (unpaired) electrons. The van der Waals surface area contributed by atoms with Gasteiger partial charge in [0, 0.05) is 44.8 Å². The lowest BCUT2D eigenvalue weighted by Gasteiger charge is -2.35. The number of hydrogen-bond donors (Lipinski definition) is 0. The summed E-state index contributed by atoms with van der Waals surface area (Å²) in [5.41, 5.74) is 6.36. The summed E-state index contributed by atoms with van der Waals surface area (Å²) in [6.07, 6.45) is 1.16. The van der Waals surface area contributed by atoms with Gasteiger partial charge in [0.15, 0.2) is 17.3 Å². The second-order valence-electron chi connectivity index (χ2n) is 9.41. The van der Waals surface area contributed by atoms with Crippen molar-refractivity contribution in [3.63, 3.8) is 0 Å². The largest absolute Gasteiger partial charge is 0.340 e. The minimum absolute atomic E-state index is 0.214. The van der Waals surface area contributed by atoms with E-state index in [9.17, 15) is 4.79 Å². The average Bonchev–Trinajstić information content (AvgIpc) is 3.37. The van der Waals surface area contributed by atoms with Gasteiger partial charge in [0.2, 0.25) is 5.91 Å². The van der Waals surface area contributed by atoms with Crippen LogP contribution in [0.3, 0.4) is 0 Å². The second-order valence-corrected chi connectivity index (χ2v) is 9.41. The van der Waals surface area contributed by atoms with Crippen LogP contribution in [0.2, 0.25) is 0 Å². The van der Waals surface area contributed by atoms with Gasteiger partial charge in [-0.25, -0.2) is 4.68 Å². The molecule has 4 aromatic rings. The summed E-state index contributed by atoms with van der Waals surface area (Å²) in [4.78, 5) is 17.4. The molecule has 1 aliphatic rings. The fourth-order valence-electron chi connectivity index (χ4n) is 4.76. The third-order valence-corrected chi connectivity index (χ3v) is 6.90. The molecule has 1 aromatic carbocycles. The van der Waals surface area contributed by atoms with Crippen LogP contribution in [0.5, 0.6) is 0 Å². The van der Waals surface area contributed by atoms with Crippen molar-refractivity contribution in [3.05, 3.63) is 70.3 Å². The molecular weight excluding hydrogens is 440 g/mol. The van der Waals surface area contributed by atoms with E-state index >= 15 is 0 Å². The summed E-state index contributed by atoms with van der Waals surface area (Å²) in [6, 6.07) is 12.5. The van der Waals surface area contributed by atoms with Gasteiger partial charge in [0.05, 0.1) is 5.69 Å². The molecule has 0 aliphatic carbocycles. The van der Waals surface area contributed by atoms with Crippen molar-refractivity contribution < 1.29 is 4.79 Å². The maximum atomic E-state index is 13.0. The lowest BCUT2D eigenvalue weighted by Crippen LogP contribution is -2.48. The summed E-state index contributed by atoms with van der Waals surface area (Å²) in [7, 11) is 0. The first-order chi connectivity index (χ1) is 16.9. The maximum Gasteiger partial charge on any atom is 0.222 e. The molecule has 182 valence electrons. The summed E-state index contributed by atoms with van der Waals surface area (Å²) >= 11 is 0. The molecule has 3 aromatic heterocycles. The predicted octanol–water partition coefficient (Wildman–Crippen LogP) is 2.82. The first kappa shape index (κ1) is 23.2. The number of aromatic nitrogens is 6. The number of benzene rings is 1. The highest BCUT2D eigenvalue weighted by atomic mass is 16.2. The monoisotopic (exact) mass is 472 g/mol. The van der Waals surface area contributed by atoms with E-state index in [1.165, 1.54) is 11.1 Å². The smallest absolute Gasteiger partial charge is 0.222 e. The first-order valence-corrected chi connectivity index (χ1v) is 12.2. The van der Waals surface area contributed by atoms with Gasteiger partial charge in [0.1, 0.15) is 0 Å². The third-order valence-electron chi connectivity index (χ3n) is 6.90. The van der Waals surface area contributed by atoms with E-state index in [4.69, 9.17) is 5.10 Å². The molecule has 0 atom stereocenters. The average molecular weight is 473 g/mol. The minimum Gasteiger partial charge on any atom is -0.340 e. The van der Waals surface area contributed by atoms with Crippen LogP contribution in [0.4, 0.5) is 0 Å². The number of amides is 1. The Hall–Kier alpha value is -3.59. The molecule has 0 unspecified atom stereocenters. The molecular formula is C26H32N8O. The Kier molecular flexibility index (Phi) is 6.34. The summed E-state index contributed by atoms with van der Waals surface area (Å²) in [5.74, 6) is 1.66. The first-order valence-electron chi connectivity index (χ1n) is 12.2. The van der Waals surface area contributed by atoms with E-state index in [1.807, 2.05) is 42.5 Å². The van der Waals surface area contributed by atoms with Crippen LogP contribution < -0.4 is 0 Å². The fourth-order valence-corrected chi connectivity index (χ4v) is 4.76. The number of carbonyl (C=O) groups is 1. The highest BCUT2D eigenvalue weighted by molar-refractivity contribution is 5.76. The molecule has 0 saturated carbocycles. The number of carbonyl (C=O) groups excluding carboxylic acids is 1. The molecule has 1 amide bonds. The van der Waals surface area contributed by atoms with Gasteiger partial charge in [-0.3, -0.25) is 9.69 Å². The van der Waals surface area contributed by atoms with Crippen LogP contribution in [0.15, 0.2) is 36.4 Å². The zero-order valence-corrected chi connectivity index (χ0v) is 20.9. The van der Waals surface area contributed by atoms with Gasteiger partial charge >= 0.3 is 0 Å². The zero-order valence-electron chi connectivity index (χ0n) is 20.9. The molecule has 1 fully saturated rings. The van der Waals surface area contributed by atoms with Crippen molar-refractivity contribution in [2.45, 2.75) is 47.1 Å². The minimum atomic E-state index is 0.214. The number of aryl methyl sites for hydroxylation is 3. The van der Waals surface area contributed by atoms with Crippen molar-refractivity contribution in [3.8, 4) is 5.82 Å². The normalized spacial score (nSPS) is 14.7. The molecule has 4 heterocycles. The molecule has 1 aliphatic heterocycles. The molecule has 0 bridgehead atoms. The molecule has 0 spiro atoms. The molecule has 9 nitrogen and oxygen atoms in total. The van der Waals surface area contributed by atoms with E-state index in [-0.39, 0.29) is 5.91 Å². The summed E-state index contributed by atoms with van der Waals surface area (Å²) < 4.78 is 3.56. The molecule has 1 saturated heterocycles. The van der Waals surface area contributed by atoms with Gasteiger partial charge in [-0.1, -0.05) is 29.8 Å². The van der Waals surface area contributed by atoms with E-state index in [2.05, 4.69) is 51.4 Å². The topological polar surface area (TPSA) is 84.5 Å². The van der Waals surface area contributed by atoms with Crippen LogP contribution in [-0.2, 0) is 17.8 Å². The Morgan fingerprint density at radius 3 is 2.37 bits per heavy atom. The van der Waals surface area contributed by atoms with Crippen LogP contribution in [0.25, 0.3) is 11.5 Å². The number of hydrogen-bond acceptors (Lipinski definition) is 6. The third kappa shape index (κ3) is 4.81. The van der Waals surface area contributed by atoms with E-state index in [1.54, 1.807) is 4.52 Å². The zero-order chi connectivity index (χ0) is 24.5. The maximum absolute atomic E-state index is 13.0. The highest BCUT2D eigenvalue weighted by Gasteiger charge is 2.22. The number of fused-ring (bicyclic) bond motifs is 1. The quantitative estimate of drug-likeness (QED) is 0.429. The summed E-state index contributed by atoms with van der Waals surface area (Å²) in [6.45, 7) is 12.3. The summed E-state index contributed by atoms with van der Waals surface area (Å²) in [5, 5.41) is 17.5. The van der Waals surface area contributed by atoms with Gasteiger partial charge in [0.25, 0.3) is 0 Å². The van der Waals surface area contributed by atoms with E-state index in [0.29, 0.717) is 24.3 Å². The van der Waals surface area contributed by atoms with Crippen molar-refractivity contribution in [2.24, 2.45) is 0 Å².